The van der Waals surface area contributed by atoms with Crippen molar-refractivity contribution in [2.24, 2.45) is 0 Å². The minimum atomic E-state index is -0.856. The number of carbonyl (C=O) groups is 2. The standard InChI is InChI=1S/C20H15F2NO6/c1-11-6-19(25)29-17-8-13(3-4-14(11)17)27-10-20(26)28-9-18(24)23-16-7-12(21)2-5-15(16)22/h2-8H,9-10H2,1H3,(H,23,24). The van der Waals surface area contributed by atoms with Gasteiger partial charge in [-0.3, -0.25) is 4.79 Å². The van der Waals surface area contributed by atoms with Crippen molar-refractivity contribution >= 4 is 28.5 Å². The molecule has 1 amide bonds. The normalized spacial score (nSPS) is 10.6. The SMILES string of the molecule is Cc1cc(=O)oc2cc(OCC(=O)OCC(=O)Nc3cc(F)ccc3F)ccc12. The first-order valence-electron chi connectivity index (χ1n) is 8.39. The fourth-order valence-corrected chi connectivity index (χ4v) is 2.50. The lowest BCUT2D eigenvalue weighted by atomic mass is 10.1. The van der Waals surface area contributed by atoms with Crippen LogP contribution in [0, 0.1) is 18.6 Å². The molecule has 9 heteroatoms. The molecule has 2 aromatic carbocycles. The number of rotatable bonds is 6. The van der Waals surface area contributed by atoms with E-state index in [4.69, 9.17) is 13.9 Å². The van der Waals surface area contributed by atoms with Crippen LogP contribution in [0.25, 0.3) is 11.0 Å². The first kappa shape index (κ1) is 20.0. The third-order valence-electron chi connectivity index (χ3n) is 3.85. The van der Waals surface area contributed by atoms with Crippen LogP contribution < -0.4 is 15.7 Å². The van der Waals surface area contributed by atoms with Gasteiger partial charge in [0.15, 0.2) is 13.2 Å². The predicted octanol–water partition coefficient (Wildman–Crippen LogP) is 2.94. The molecule has 0 bridgehead atoms. The van der Waals surface area contributed by atoms with Gasteiger partial charge in [-0.25, -0.2) is 18.4 Å². The quantitative estimate of drug-likeness (QED) is 0.502. The maximum absolute atomic E-state index is 13.5. The summed E-state index contributed by atoms with van der Waals surface area (Å²) in [7, 11) is 0. The van der Waals surface area contributed by atoms with Gasteiger partial charge in [0.05, 0.1) is 5.69 Å². The summed E-state index contributed by atoms with van der Waals surface area (Å²) in [6.07, 6.45) is 0. The molecule has 29 heavy (non-hydrogen) atoms. The first-order chi connectivity index (χ1) is 13.8. The van der Waals surface area contributed by atoms with Crippen LogP contribution in [0.15, 0.2) is 51.7 Å². The van der Waals surface area contributed by atoms with Gasteiger partial charge in [0.2, 0.25) is 0 Å². The van der Waals surface area contributed by atoms with Crippen molar-refractivity contribution in [3.8, 4) is 5.75 Å². The van der Waals surface area contributed by atoms with E-state index in [0.29, 0.717) is 5.58 Å². The molecule has 1 heterocycles. The number of carbonyl (C=O) groups excluding carboxylic acids is 2. The third kappa shape index (κ3) is 5.16. The largest absolute Gasteiger partial charge is 0.482 e. The molecule has 0 radical (unpaired) electrons. The van der Waals surface area contributed by atoms with Crippen LogP contribution in [0.5, 0.6) is 5.75 Å². The Morgan fingerprint density at radius 1 is 1.07 bits per heavy atom. The van der Waals surface area contributed by atoms with Gasteiger partial charge in [0.1, 0.15) is 23.0 Å². The van der Waals surface area contributed by atoms with Crippen molar-refractivity contribution in [1.29, 1.82) is 0 Å². The summed E-state index contributed by atoms with van der Waals surface area (Å²) < 4.78 is 41.6. The number of hydrogen-bond donors (Lipinski definition) is 1. The Morgan fingerprint density at radius 3 is 2.66 bits per heavy atom. The van der Waals surface area contributed by atoms with E-state index in [1.165, 1.54) is 12.1 Å². The number of nitrogens with one attached hydrogen (secondary N) is 1. The monoisotopic (exact) mass is 403 g/mol. The lowest BCUT2D eigenvalue weighted by molar-refractivity contribution is -0.149. The molecule has 0 spiro atoms. The van der Waals surface area contributed by atoms with Crippen LogP contribution in [0.2, 0.25) is 0 Å². The lowest BCUT2D eigenvalue weighted by Crippen LogP contribution is -2.24. The van der Waals surface area contributed by atoms with Crippen LogP contribution in [0.4, 0.5) is 14.5 Å². The Balaban J connectivity index is 1.52. The summed E-state index contributed by atoms with van der Waals surface area (Å²) in [6.45, 7) is 0.547. The Hall–Kier alpha value is -3.75. The van der Waals surface area contributed by atoms with Gasteiger partial charge in [0.25, 0.3) is 5.91 Å². The van der Waals surface area contributed by atoms with Gasteiger partial charge in [0, 0.05) is 23.6 Å². The Bertz CT molecular complexity index is 1140. The minimum absolute atomic E-state index is 0.259. The van der Waals surface area contributed by atoms with Gasteiger partial charge in [-0.05, 0) is 36.8 Å². The Labute approximate surface area is 162 Å². The van der Waals surface area contributed by atoms with Crippen molar-refractivity contribution < 1.29 is 32.3 Å². The van der Waals surface area contributed by atoms with Crippen LogP contribution in [0.3, 0.4) is 0 Å². The zero-order chi connectivity index (χ0) is 21.0. The highest BCUT2D eigenvalue weighted by Crippen LogP contribution is 2.22. The molecule has 0 unspecified atom stereocenters. The molecule has 3 aromatic rings. The average molecular weight is 403 g/mol. The predicted molar refractivity (Wildman–Crippen MR) is 98.7 cm³/mol. The van der Waals surface area contributed by atoms with Gasteiger partial charge >= 0.3 is 11.6 Å². The second kappa shape index (κ2) is 8.51. The number of benzene rings is 2. The molecule has 7 nitrogen and oxygen atoms in total. The van der Waals surface area contributed by atoms with E-state index in [2.05, 4.69) is 5.32 Å². The van der Waals surface area contributed by atoms with Crippen molar-refractivity contribution in [2.75, 3.05) is 18.5 Å². The molecule has 1 aromatic heterocycles. The number of fused-ring (bicyclic) bond motifs is 1. The zero-order valence-electron chi connectivity index (χ0n) is 15.2. The van der Waals surface area contributed by atoms with Gasteiger partial charge in [-0.1, -0.05) is 0 Å². The summed E-state index contributed by atoms with van der Waals surface area (Å²) >= 11 is 0. The van der Waals surface area contributed by atoms with Crippen LogP contribution in [0.1, 0.15) is 5.56 Å². The number of aryl methyl sites for hydroxylation is 1. The van der Waals surface area contributed by atoms with Crippen LogP contribution in [-0.4, -0.2) is 25.1 Å². The van der Waals surface area contributed by atoms with Crippen LogP contribution >= 0.6 is 0 Å². The van der Waals surface area contributed by atoms with E-state index in [0.717, 1.165) is 29.1 Å². The molecule has 0 aliphatic rings. The Morgan fingerprint density at radius 2 is 1.86 bits per heavy atom. The summed E-state index contributed by atoms with van der Waals surface area (Å²) in [4.78, 5) is 34.9. The number of anilines is 1. The summed E-state index contributed by atoms with van der Waals surface area (Å²) in [5.74, 6) is -2.99. The smallest absolute Gasteiger partial charge is 0.344 e. The van der Waals surface area contributed by atoms with Crippen LogP contribution in [-0.2, 0) is 14.3 Å². The molecule has 0 saturated heterocycles. The molecule has 0 aliphatic carbocycles. The minimum Gasteiger partial charge on any atom is -0.482 e. The molecule has 0 aliphatic heterocycles. The first-order valence-corrected chi connectivity index (χ1v) is 8.39. The second-order valence-corrected chi connectivity index (χ2v) is 6.03. The van der Waals surface area contributed by atoms with E-state index in [-0.39, 0.29) is 11.4 Å². The number of ether oxygens (including phenoxy) is 2. The van der Waals surface area contributed by atoms with Gasteiger partial charge in [-0.15, -0.1) is 0 Å². The molecule has 0 fully saturated rings. The van der Waals surface area contributed by atoms with Gasteiger partial charge in [-0.2, -0.15) is 0 Å². The van der Waals surface area contributed by atoms with E-state index < -0.39 is 42.4 Å². The molecule has 3 rings (SSSR count). The number of amides is 1. The van der Waals surface area contributed by atoms with Crippen molar-refractivity contribution in [1.82, 2.24) is 0 Å². The number of hydrogen-bond acceptors (Lipinski definition) is 6. The van der Waals surface area contributed by atoms with Crippen molar-refractivity contribution in [2.45, 2.75) is 6.92 Å². The zero-order valence-corrected chi connectivity index (χ0v) is 15.2. The fourth-order valence-electron chi connectivity index (χ4n) is 2.50. The highest BCUT2D eigenvalue weighted by Gasteiger charge is 2.12. The number of esters is 1. The van der Waals surface area contributed by atoms with E-state index in [9.17, 15) is 23.2 Å². The van der Waals surface area contributed by atoms with Crippen molar-refractivity contribution in [3.05, 3.63) is 70.1 Å². The lowest BCUT2D eigenvalue weighted by Gasteiger charge is -2.09. The Kier molecular flexibility index (Phi) is 5.87. The molecular formula is C20H15F2NO6. The highest BCUT2D eigenvalue weighted by atomic mass is 19.1. The summed E-state index contributed by atoms with van der Waals surface area (Å²) in [6, 6.07) is 8.65. The maximum atomic E-state index is 13.5. The molecule has 0 saturated carbocycles. The fraction of sp³-hybridized carbons (Fsp3) is 0.150. The summed E-state index contributed by atoms with van der Waals surface area (Å²) in [5.41, 5.74) is 0.169. The summed E-state index contributed by atoms with van der Waals surface area (Å²) in [5, 5.41) is 2.82. The maximum Gasteiger partial charge on any atom is 0.344 e. The van der Waals surface area contributed by atoms with E-state index in [1.807, 2.05) is 0 Å². The topological polar surface area (TPSA) is 94.8 Å². The third-order valence-corrected chi connectivity index (χ3v) is 3.85. The van der Waals surface area contributed by atoms with Gasteiger partial charge < -0.3 is 19.2 Å². The second-order valence-electron chi connectivity index (χ2n) is 6.03. The highest BCUT2D eigenvalue weighted by molar-refractivity contribution is 5.93. The molecule has 0 atom stereocenters. The van der Waals surface area contributed by atoms with Crippen molar-refractivity contribution in [3.63, 3.8) is 0 Å². The molecular weight excluding hydrogens is 388 g/mol. The molecule has 1 N–H and O–H groups in total. The average Bonchev–Trinajstić information content (AvgIpc) is 2.67. The molecule has 150 valence electrons. The van der Waals surface area contributed by atoms with E-state index in [1.54, 1.807) is 19.1 Å². The number of halogens is 2. The van der Waals surface area contributed by atoms with E-state index >= 15 is 0 Å².